The molecule has 1 aromatic carbocycles. The van der Waals surface area contributed by atoms with Crippen LogP contribution in [0.3, 0.4) is 0 Å². The van der Waals surface area contributed by atoms with E-state index in [-0.39, 0.29) is 0 Å². The van der Waals surface area contributed by atoms with Crippen molar-refractivity contribution in [2.75, 3.05) is 6.61 Å². The Bertz CT molecular complexity index is 490. The molecule has 0 atom stereocenters. The minimum Gasteiger partial charge on any atom is -0.494 e. The maximum atomic E-state index is 5.42. The Morgan fingerprint density at radius 3 is 2.58 bits per heavy atom. The fourth-order valence-electron chi connectivity index (χ4n) is 1.93. The molecule has 4 heteroatoms. The standard InChI is InChI=1S/C15H21N3O/c1-3-5-6-7-15-16-12-18(17-15)13-8-10-14(11-9-13)19-4-2/h8-12H,3-7H2,1-2H3. The van der Waals surface area contributed by atoms with E-state index >= 15 is 0 Å². The lowest BCUT2D eigenvalue weighted by Gasteiger charge is -2.04. The van der Waals surface area contributed by atoms with Crippen LogP contribution in [0.5, 0.6) is 5.75 Å². The number of nitrogens with zero attached hydrogens (tertiary/aromatic N) is 3. The topological polar surface area (TPSA) is 39.9 Å². The lowest BCUT2D eigenvalue weighted by Crippen LogP contribution is -1.97. The summed E-state index contributed by atoms with van der Waals surface area (Å²) in [6, 6.07) is 7.90. The van der Waals surface area contributed by atoms with Crippen molar-refractivity contribution in [1.29, 1.82) is 0 Å². The molecule has 0 saturated carbocycles. The van der Waals surface area contributed by atoms with Gasteiger partial charge in [-0.2, -0.15) is 5.10 Å². The molecule has 0 bridgehead atoms. The van der Waals surface area contributed by atoms with E-state index in [1.807, 2.05) is 35.9 Å². The summed E-state index contributed by atoms with van der Waals surface area (Å²) in [5.41, 5.74) is 1.01. The molecule has 0 saturated heterocycles. The highest BCUT2D eigenvalue weighted by molar-refractivity contribution is 5.36. The Morgan fingerprint density at radius 1 is 1.11 bits per heavy atom. The largest absolute Gasteiger partial charge is 0.494 e. The maximum absolute atomic E-state index is 5.42. The van der Waals surface area contributed by atoms with E-state index in [1.54, 1.807) is 6.33 Å². The maximum Gasteiger partial charge on any atom is 0.151 e. The monoisotopic (exact) mass is 259 g/mol. The van der Waals surface area contributed by atoms with Crippen LogP contribution in [0.15, 0.2) is 30.6 Å². The molecule has 0 fully saturated rings. The van der Waals surface area contributed by atoms with E-state index in [1.165, 1.54) is 12.8 Å². The highest BCUT2D eigenvalue weighted by Crippen LogP contribution is 2.14. The Morgan fingerprint density at radius 2 is 1.89 bits per heavy atom. The van der Waals surface area contributed by atoms with Gasteiger partial charge in [0.05, 0.1) is 12.3 Å². The molecule has 0 aliphatic rings. The van der Waals surface area contributed by atoms with Gasteiger partial charge in [0.25, 0.3) is 0 Å². The first-order chi connectivity index (χ1) is 9.33. The van der Waals surface area contributed by atoms with Crippen molar-refractivity contribution in [3.63, 3.8) is 0 Å². The van der Waals surface area contributed by atoms with Crippen molar-refractivity contribution in [2.45, 2.75) is 39.5 Å². The third-order valence-electron chi connectivity index (χ3n) is 2.96. The fraction of sp³-hybridized carbons (Fsp3) is 0.467. The second kappa shape index (κ2) is 6.92. The predicted octanol–water partition coefficient (Wildman–Crippen LogP) is 3.40. The summed E-state index contributed by atoms with van der Waals surface area (Å²) in [4.78, 5) is 4.34. The molecular formula is C15H21N3O. The summed E-state index contributed by atoms with van der Waals surface area (Å²) in [6.07, 6.45) is 6.34. The number of aromatic nitrogens is 3. The van der Waals surface area contributed by atoms with Crippen molar-refractivity contribution in [2.24, 2.45) is 0 Å². The predicted molar refractivity (Wildman–Crippen MR) is 75.8 cm³/mol. The Kier molecular flexibility index (Phi) is 4.95. The first-order valence-corrected chi connectivity index (χ1v) is 6.97. The second-order valence-corrected chi connectivity index (χ2v) is 4.49. The highest BCUT2D eigenvalue weighted by Gasteiger charge is 2.03. The zero-order valence-electron chi connectivity index (χ0n) is 11.7. The highest BCUT2D eigenvalue weighted by atomic mass is 16.5. The minimum atomic E-state index is 0.685. The summed E-state index contributed by atoms with van der Waals surface area (Å²) in [5.74, 6) is 1.80. The van der Waals surface area contributed by atoms with E-state index in [4.69, 9.17) is 4.74 Å². The van der Waals surface area contributed by atoms with Crippen LogP contribution in [-0.4, -0.2) is 21.4 Å². The average molecular weight is 259 g/mol. The van der Waals surface area contributed by atoms with Gasteiger partial charge >= 0.3 is 0 Å². The van der Waals surface area contributed by atoms with Crippen molar-refractivity contribution >= 4 is 0 Å². The molecule has 0 aliphatic heterocycles. The first-order valence-electron chi connectivity index (χ1n) is 6.97. The second-order valence-electron chi connectivity index (χ2n) is 4.49. The smallest absolute Gasteiger partial charge is 0.151 e. The number of hydrogen-bond donors (Lipinski definition) is 0. The van der Waals surface area contributed by atoms with Gasteiger partial charge in [-0.1, -0.05) is 19.8 Å². The van der Waals surface area contributed by atoms with Crippen LogP contribution in [0.25, 0.3) is 5.69 Å². The number of rotatable bonds is 7. The third kappa shape index (κ3) is 3.81. The molecule has 0 spiro atoms. The Labute approximate surface area is 114 Å². The van der Waals surface area contributed by atoms with Gasteiger partial charge in [-0.3, -0.25) is 0 Å². The van der Waals surface area contributed by atoms with Gasteiger partial charge in [-0.15, -0.1) is 0 Å². The van der Waals surface area contributed by atoms with E-state index in [0.29, 0.717) is 6.61 Å². The molecule has 2 aromatic rings. The Balaban J connectivity index is 2.01. The average Bonchev–Trinajstić information content (AvgIpc) is 2.89. The zero-order chi connectivity index (χ0) is 13.5. The number of benzene rings is 1. The van der Waals surface area contributed by atoms with Crippen LogP contribution in [-0.2, 0) is 6.42 Å². The van der Waals surface area contributed by atoms with Gasteiger partial charge in [0.1, 0.15) is 12.1 Å². The van der Waals surface area contributed by atoms with Crippen LogP contribution >= 0.6 is 0 Å². The van der Waals surface area contributed by atoms with Crippen molar-refractivity contribution < 1.29 is 4.74 Å². The van der Waals surface area contributed by atoms with E-state index < -0.39 is 0 Å². The van der Waals surface area contributed by atoms with Crippen LogP contribution in [0.4, 0.5) is 0 Å². The van der Waals surface area contributed by atoms with Crippen LogP contribution < -0.4 is 4.74 Å². The van der Waals surface area contributed by atoms with E-state index in [9.17, 15) is 0 Å². The molecule has 0 aliphatic carbocycles. The molecule has 102 valence electrons. The lowest BCUT2D eigenvalue weighted by atomic mass is 10.2. The molecule has 2 rings (SSSR count). The van der Waals surface area contributed by atoms with E-state index in [2.05, 4.69) is 17.0 Å². The molecule has 1 aromatic heterocycles. The minimum absolute atomic E-state index is 0.685. The summed E-state index contributed by atoms with van der Waals surface area (Å²) in [6.45, 7) is 4.87. The number of hydrogen-bond acceptors (Lipinski definition) is 3. The van der Waals surface area contributed by atoms with Gasteiger partial charge in [0.15, 0.2) is 5.82 Å². The molecule has 0 amide bonds. The molecular weight excluding hydrogens is 238 g/mol. The fourth-order valence-corrected chi connectivity index (χ4v) is 1.93. The van der Waals surface area contributed by atoms with Crippen molar-refractivity contribution in [3.8, 4) is 11.4 Å². The van der Waals surface area contributed by atoms with Crippen molar-refractivity contribution in [1.82, 2.24) is 14.8 Å². The van der Waals surface area contributed by atoms with Crippen LogP contribution in [0.1, 0.15) is 38.9 Å². The lowest BCUT2D eigenvalue weighted by molar-refractivity contribution is 0.340. The number of aryl methyl sites for hydroxylation is 1. The summed E-state index contributed by atoms with van der Waals surface area (Å²) < 4.78 is 7.24. The molecule has 0 N–H and O–H groups in total. The normalized spacial score (nSPS) is 10.6. The third-order valence-corrected chi connectivity index (χ3v) is 2.96. The molecule has 4 nitrogen and oxygen atoms in total. The van der Waals surface area contributed by atoms with Gasteiger partial charge in [-0.05, 0) is 37.6 Å². The summed E-state index contributed by atoms with van der Waals surface area (Å²) in [5, 5.41) is 4.49. The molecule has 1 heterocycles. The SMILES string of the molecule is CCCCCc1ncn(-c2ccc(OCC)cc2)n1. The van der Waals surface area contributed by atoms with Crippen molar-refractivity contribution in [3.05, 3.63) is 36.4 Å². The summed E-state index contributed by atoms with van der Waals surface area (Å²) in [7, 11) is 0. The molecule has 0 radical (unpaired) electrons. The molecule has 0 unspecified atom stereocenters. The van der Waals surface area contributed by atoms with E-state index in [0.717, 1.165) is 30.1 Å². The van der Waals surface area contributed by atoms with Gasteiger partial charge in [0, 0.05) is 6.42 Å². The number of ether oxygens (including phenoxy) is 1. The number of unbranched alkanes of at least 4 members (excludes halogenated alkanes) is 2. The first kappa shape index (κ1) is 13.6. The Hall–Kier alpha value is -1.84. The van der Waals surface area contributed by atoms with Gasteiger partial charge in [-0.25, -0.2) is 9.67 Å². The quantitative estimate of drug-likeness (QED) is 0.715. The van der Waals surface area contributed by atoms with Gasteiger partial charge < -0.3 is 4.74 Å². The van der Waals surface area contributed by atoms with Crippen LogP contribution in [0, 0.1) is 0 Å². The summed E-state index contributed by atoms with van der Waals surface area (Å²) >= 11 is 0. The van der Waals surface area contributed by atoms with Crippen LogP contribution in [0.2, 0.25) is 0 Å². The zero-order valence-corrected chi connectivity index (χ0v) is 11.7. The van der Waals surface area contributed by atoms with Gasteiger partial charge in [0.2, 0.25) is 0 Å². The molecule has 19 heavy (non-hydrogen) atoms.